The van der Waals surface area contributed by atoms with Crippen molar-refractivity contribution in [3.05, 3.63) is 0 Å². The van der Waals surface area contributed by atoms with Crippen LogP contribution in [0.3, 0.4) is 0 Å². The maximum atomic E-state index is 11.7. The maximum Gasteiger partial charge on any atom is 0.410 e. The third-order valence-corrected chi connectivity index (χ3v) is 2.87. The molecule has 2 rings (SSSR count). The van der Waals surface area contributed by atoms with Crippen molar-refractivity contribution in [3.63, 3.8) is 0 Å². The molecule has 2 heterocycles. The predicted molar refractivity (Wildman–Crippen MR) is 56.1 cm³/mol. The molecule has 2 aliphatic heterocycles. The second kappa shape index (κ2) is 3.45. The van der Waals surface area contributed by atoms with E-state index < -0.39 is 11.2 Å². The van der Waals surface area contributed by atoms with Gasteiger partial charge in [0.2, 0.25) is 0 Å². The van der Waals surface area contributed by atoms with Gasteiger partial charge in [0.05, 0.1) is 6.54 Å². The van der Waals surface area contributed by atoms with Crippen molar-refractivity contribution in [2.45, 2.75) is 38.4 Å². The van der Waals surface area contributed by atoms with Crippen molar-refractivity contribution in [1.29, 1.82) is 0 Å². The number of rotatable bonds is 0. The summed E-state index contributed by atoms with van der Waals surface area (Å²) in [5.41, 5.74) is -1.21. The summed E-state index contributed by atoms with van der Waals surface area (Å²) in [5.74, 6) is 0.0959. The number of ketones is 1. The first-order chi connectivity index (χ1) is 7.32. The van der Waals surface area contributed by atoms with E-state index in [-0.39, 0.29) is 18.5 Å². The van der Waals surface area contributed by atoms with E-state index in [9.17, 15) is 9.59 Å². The average molecular weight is 227 g/mol. The van der Waals surface area contributed by atoms with E-state index >= 15 is 0 Å². The second-order valence-electron chi connectivity index (χ2n) is 5.36. The van der Waals surface area contributed by atoms with Gasteiger partial charge in [0.1, 0.15) is 17.8 Å². The van der Waals surface area contributed by atoms with Gasteiger partial charge in [-0.25, -0.2) is 4.79 Å². The number of carbonyl (C=O) groups is 2. The topological polar surface area (TPSA) is 55.8 Å². The van der Waals surface area contributed by atoms with Crippen LogP contribution in [0.5, 0.6) is 0 Å². The fraction of sp³-hybridized carbons (Fsp3) is 0.818. The van der Waals surface area contributed by atoms with Crippen LogP contribution in [0.15, 0.2) is 0 Å². The Bertz CT molecular complexity index is 333. The Hall–Kier alpha value is -1.10. The Morgan fingerprint density at radius 3 is 2.56 bits per heavy atom. The van der Waals surface area contributed by atoms with Crippen LogP contribution in [-0.2, 0) is 14.3 Å². The summed E-state index contributed by atoms with van der Waals surface area (Å²) in [6.45, 7) is 6.51. The lowest BCUT2D eigenvalue weighted by Gasteiger charge is -2.36. The van der Waals surface area contributed by atoms with Crippen LogP contribution in [0, 0.1) is 0 Å². The third kappa shape index (κ3) is 1.91. The summed E-state index contributed by atoms with van der Waals surface area (Å²) in [5, 5.41) is 0. The number of nitrogens with zero attached hydrogens (tertiary/aromatic N) is 1. The average Bonchev–Trinajstić information content (AvgIpc) is 2.59. The van der Waals surface area contributed by atoms with Gasteiger partial charge >= 0.3 is 6.09 Å². The molecule has 16 heavy (non-hydrogen) atoms. The number of Topliss-reactive ketones (excluding diaryl/α,β-unsaturated/α-hetero) is 1. The molecule has 5 heteroatoms. The summed E-state index contributed by atoms with van der Waals surface area (Å²) >= 11 is 0. The highest BCUT2D eigenvalue weighted by atomic mass is 16.6. The molecule has 1 amide bonds. The zero-order valence-electron chi connectivity index (χ0n) is 9.91. The van der Waals surface area contributed by atoms with Crippen molar-refractivity contribution in [2.24, 2.45) is 0 Å². The van der Waals surface area contributed by atoms with E-state index in [2.05, 4.69) is 0 Å². The van der Waals surface area contributed by atoms with Crippen molar-refractivity contribution >= 4 is 11.9 Å². The van der Waals surface area contributed by atoms with E-state index in [0.717, 1.165) is 0 Å². The Labute approximate surface area is 94.7 Å². The van der Waals surface area contributed by atoms with Crippen LogP contribution in [0.25, 0.3) is 0 Å². The van der Waals surface area contributed by atoms with Crippen LogP contribution in [0.1, 0.15) is 27.2 Å². The van der Waals surface area contributed by atoms with Gasteiger partial charge in [0.25, 0.3) is 0 Å². The van der Waals surface area contributed by atoms with Gasteiger partial charge in [0, 0.05) is 13.0 Å². The van der Waals surface area contributed by atoms with Crippen molar-refractivity contribution in [3.8, 4) is 0 Å². The molecule has 0 aliphatic carbocycles. The first-order valence-electron chi connectivity index (χ1n) is 5.48. The molecule has 2 aliphatic rings. The highest BCUT2D eigenvalue weighted by molar-refractivity contribution is 5.94. The Kier molecular flexibility index (Phi) is 2.45. The largest absolute Gasteiger partial charge is 0.444 e. The van der Waals surface area contributed by atoms with E-state index in [1.165, 1.54) is 0 Å². The maximum absolute atomic E-state index is 11.7. The number of hydrogen-bond donors (Lipinski definition) is 0. The molecule has 0 saturated carbocycles. The van der Waals surface area contributed by atoms with Crippen LogP contribution in [0.2, 0.25) is 0 Å². The van der Waals surface area contributed by atoms with Crippen LogP contribution >= 0.6 is 0 Å². The van der Waals surface area contributed by atoms with Gasteiger partial charge in [-0.15, -0.1) is 0 Å². The molecule has 0 aromatic heterocycles. The van der Waals surface area contributed by atoms with E-state index in [1.807, 2.05) is 20.8 Å². The van der Waals surface area contributed by atoms with Gasteiger partial charge in [-0.05, 0) is 20.8 Å². The lowest BCUT2D eigenvalue weighted by atomic mass is 9.93. The number of likely N-dealkylation sites (tertiary alicyclic amines) is 1. The third-order valence-electron chi connectivity index (χ3n) is 2.87. The van der Waals surface area contributed by atoms with E-state index in [4.69, 9.17) is 9.47 Å². The first-order valence-corrected chi connectivity index (χ1v) is 5.48. The highest BCUT2D eigenvalue weighted by Crippen LogP contribution is 2.33. The first kappa shape index (κ1) is 11.4. The molecule has 2 saturated heterocycles. The lowest BCUT2D eigenvalue weighted by molar-refractivity contribution is -0.175. The summed E-state index contributed by atoms with van der Waals surface area (Å²) in [6, 6.07) is 0. The molecule has 1 spiro atoms. The Morgan fingerprint density at radius 2 is 2.19 bits per heavy atom. The molecular weight excluding hydrogens is 210 g/mol. The van der Waals surface area contributed by atoms with Gasteiger partial charge in [0.15, 0.2) is 5.78 Å². The second-order valence-corrected chi connectivity index (χ2v) is 5.36. The zero-order valence-corrected chi connectivity index (χ0v) is 9.91. The lowest BCUT2D eigenvalue weighted by Crippen LogP contribution is -2.56. The molecule has 5 nitrogen and oxygen atoms in total. The molecule has 1 atom stereocenters. The number of carbonyl (C=O) groups excluding carboxylic acids is 2. The Morgan fingerprint density at radius 1 is 1.50 bits per heavy atom. The van der Waals surface area contributed by atoms with Crippen LogP contribution in [0.4, 0.5) is 4.79 Å². The molecule has 0 radical (unpaired) electrons. The highest BCUT2D eigenvalue weighted by Gasteiger charge is 2.53. The minimum Gasteiger partial charge on any atom is -0.444 e. The van der Waals surface area contributed by atoms with Crippen LogP contribution < -0.4 is 0 Å². The molecule has 0 aromatic carbocycles. The van der Waals surface area contributed by atoms with Gasteiger partial charge in [-0.1, -0.05) is 0 Å². The van der Waals surface area contributed by atoms with Gasteiger partial charge in [-0.3, -0.25) is 4.79 Å². The normalized spacial score (nSPS) is 29.4. The molecule has 90 valence electrons. The Balaban J connectivity index is 1.94. The fourth-order valence-corrected chi connectivity index (χ4v) is 1.94. The molecule has 0 bridgehead atoms. The molecule has 0 unspecified atom stereocenters. The van der Waals surface area contributed by atoms with E-state index in [0.29, 0.717) is 19.5 Å². The molecule has 0 N–H and O–H groups in total. The van der Waals surface area contributed by atoms with E-state index in [1.54, 1.807) is 4.90 Å². The summed E-state index contributed by atoms with van der Waals surface area (Å²) < 4.78 is 10.5. The van der Waals surface area contributed by atoms with Crippen molar-refractivity contribution < 1.29 is 19.1 Å². The van der Waals surface area contributed by atoms with Crippen molar-refractivity contribution in [2.75, 3.05) is 19.7 Å². The quantitative estimate of drug-likeness (QED) is 0.618. The molecular formula is C11H17NO4. The molecule has 0 aromatic rings. The number of amides is 1. The minimum absolute atomic E-state index is 0.0959. The van der Waals surface area contributed by atoms with Gasteiger partial charge in [-0.2, -0.15) is 0 Å². The molecule has 2 fully saturated rings. The summed E-state index contributed by atoms with van der Waals surface area (Å²) in [6.07, 6.45) is 0.220. The number of ether oxygens (including phenoxy) is 2. The zero-order chi connectivity index (χ0) is 12.0. The summed E-state index contributed by atoms with van der Waals surface area (Å²) in [7, 11) is 0. The van der Waals surface area contributed by atoms with Crippen LogP contribution in [-0.4, -0.2) is 47.7 Å². The monoisotopic (exact) mass is 227 g/mol. The fourth-order valence-electron chi connectivity index (χ4n) is 1.94. The predicted octanol–water partition coefficient (Wildman–Crippen LogP) is 0.965. The minimum atomic E-state index is -0.711. The number of hydrogen-bond acceptors (Lipinski definition) is 4. The summed E-state index contributed by atoms with van der Waals surface area (Å²) in [4.78, 5) is 24.7. The van der Waals surface area contributed by atoms with Gasteiger partial charge < -0.3 is 14.4 Å². The SMILES string of the molecule is CC(C)(C)OC(=O)N1CC[C@@]2(C1)OCC2=O. The van der Waals surface area contributed by atoms with Crippen molar-refractivity contribution in [1.82, 2.24) is 4.90 Å². The smallest absolute Gasteiger partial charge is 0.410 e. The standard InChI is InChI=1S/C11H17NO4/c1-10(2,3)16-9(14)12-5-4-11(7-12)8(13)6-15-11/h4-7H2,1-3H3/t11-/m0/s1.